The quantitative estimate of drug-likeness (QED) is 0.277. The summed E-state index contributed by atoms with van der Waals surface area (Å²) in [5.74, 6) is -2.67. The van der Waals surface area contributed by atoms with Crippen molar-refractivity contribution >= 4 is 23.7 Å². The molecule has 5 rings (SSSR count). The van der Waals surface area contributed by atoms with Crippen LogP contribution < -0.4 is 0 Å². The van der Waals surface area contributed by atoms with Gasteiger partial charge in [-0.2, -0.15) is 10.1 Å². The Morgan fingerprint density at radius 3 is 2.15 bits per heavy atom. The van der Waals surface area contributed by atoms with Gasteiger partial charge in [0.15, 0.2) is 5.75 Å². The summed E-state index contributed by atoms with van der Waals surface area (Å²) < 4.78 is 0. The SMILES string of the molecule is O=C1[C@@H]2[C@H](C(=O)N1/N=C\c1cc([N+](=O)[O-])c(O)cc1O)[C@@H]1C=C[C@@H]2CC1. The van der Waals surface area contributed by atoms with Crippen molar-refractivity contribution in [1.29, 1.82) is 0 Å². The number of imide groups is 1. The van der Waals surface area contributed by atoms with E-state index in [4.69, 9.17) is 0 Å². The molecule has 9 heteroatoms. The maximum absolute atomic E-state index is 12.6. The molecule has 1 aromatic rings. The topological polar surface area (TPSA) is 133 Å². The molecule has 1 saturated heterocycles. The highest BCUT2D eigenvalue weighted by Gasteiger charge is 2.56. The fourth-order valence-electron chi connectivity index (χ4n) is 4.12. The molecule has 134 valence electrons. The van der Waals surface area contributed by atoms with Crippen LogP contribution >= 0.6 is 0 Å². The number of aromatic hydroxyl groups is 2. The minimum Gasteiger partial charge on any atom is -0.507 e. The zero-order valence-electron chi connectivity index (χ0n) is 13.5. The number of hydrogen-bond donors (Lipinski definition) is 2. The number of rotatable bonds is 3. The molecule has 2 N–H and O–H groups in total. The predicted molar refractivity (Wildman–Crippen MR) is 88.2 cm³/mol. The first-order valence-corrected chi connectivity index (χ1v) is 8.19. The van der Waals surface area contributed by atoms with Gasteiger partial charge in [0.1, 0.15) is 5.75 Å². The first-order chi connectivity index (χ1) is 12.4. The van der Waals surface area contributed by atoms with Crippen LogP contribution in [0.5, 0.6) is 11.5 Å². The summed E-state index contributed by atoms with van der Waals surface area (Å²) in [7, 11) is 0. The molecule has 2 fully saturated rings. The summed E-state index contributed by atoms with van der Waals surface area (Å²) in [6.07, 6.45) is 6.73. The Hall–Kier alpha value is -3.23. The summed E-state index contributed by atoms with van der Waals surface area (Å²) in [5, 5.41) is 34.9. The fourth-order valence-corrected chi connectivity index (χ4v) is 4.12. The summed E-state index contributed by atoms with van der Waals surface area (Å²) >= 11 is 0. The molecular formula is C17H15N3O6. The number of carbonyl (C=O) groups excluding carboxylic acids is 2. The van der Waals surface area contributed by atoms with Gasteiger partial charge in [0, 0.05) is 17.7 Å². The van der Waals surface area contributed by atoms with Gasteiger partial charge in [0.2, 0.25) is 0 Å². The summed E-state index contributed by atoms with van der Waals surface area (Å²) in [6.45, 7) is 0. The van der Waals surface area contributed by atoms with Crippen LogP contribution in [0.3, 0.4) is 0 Å². The van der Waals surface area contributed by atoms with E-state index in [0.717, 1.165) is 36.2 Å². The summed E-state index contributed by atoms with van der Waals surface area (Å²) in [4.78, 5) is 35.3. The summed E-state index contributed by atoms with van der Waals surface area (Å²) in [5.41, 5.74) is -0.690. The number of nitrogens with zero attached hydrogens (tertiary/aromatic N) is 3. The number of hydrazone groups is 1. The van der Waals surface area contributed by atoms with Crippen LogP contribution in [-0.2, 0) is 9.59 Å². The molecule has 2 bridgehead atoms. The lowest BCUT2D eigenvalue weighted by Gasteiger charge is -2.37. The van der Waals surface area contributed by atoms with Crippen LogP contribution in [0.15, 0.2) is 29.4 Å². The molecule has 0 unspecified atom stereocenters. The lowest BCUT2D eigenvalue weighted by molar-refractivity contribution is -0.385. The van der Waals surface area contributed by atoms with Gasteiger partial charge in [0.25, 0.3) is 11.8 Å². The second-order valence-electron chi connectivity index (χ2n) is 6.73. The predicted octanol–water partition coefficient (Wildman–Crippen LogP) is 1.54. The van der Waals surface area contributed by atoms with E-state index in [-0.39, 0.29) is 29.2 Å². The van der Waals surface area contributed by atoms with Crippen LogP contribution in [0.4, 0.5) is 5.69 Å². The molecule has 26 heavy (non-hydrogen) atoms. The summed E-state index contributed by atoms with van der Waals surface area (Å²) in [6, 6.07) is 1.74. The maximum atomic E-state index is 12.6. The number of phenols is 2. The second kappa shape index (κ2) is 5.65. The van der Waals surface area contributed by atoms with Crippen LogP contribution in [0.1, 0.15) is 18.4 Å². The van der Waals surface area contributed by atoms with Gasteiger partial charge in [-0.25, -0.2) is 0 Å². The van der Waals surface area contributed by atoms with Crippen molar-refractivity contribution in [1.82, 2.24) is 5.01 Å². The van der Waals surface area contributed by atoms with E-state index in [1.54, 1.807) is 0 Å². The van der Waals surface area contributed by atoms with Crippen LogP contribution in [0, 0.1) is 33.8 Å². The van der Waals surface area contributed by atoms with E-state index >= 15 is 0 Å². The van der Waals surface area contributed by atoms with Crippen molar-refractivity contribution in [2.24, 2.45) is 28.8 Å². The van der Waals surface area contributed by atoms with E-state index in [0.29, 0.717) is 0 Å². The van der Waals surface area contributed by atoms with Gasteiger partial charge in [-0.1, -0.05) is 12.2 Å². The Kier molecular flexibility index (Phi) is 3.53. The number of fused-ring (bicyclic) bond motifs is 1. The number of amides is 2. The molecule has 4 aliphatic rings. The smallest absolute Gasteiger partial charge is 0.311 e. The lowest BCUT2D eigenvalue weighted by Crippen LogP contribution is -2.38. The Bertz CT molecular complexity index is 861. The van der Waals surface area contributed by atoms with Crippen LogP contribution in [-0.4, -0.2) is 38.2 Å². The molecule has 3 aliphatic carbocycles. The minimum atomic E-state index is -0.809. The van der Waals surface area contributed by atoms with Crippen molar-refractivity contribution < 1.29 is 24.7 Å². The Morgan fingerprint density at radius 1 is 1.08 bits per heavy atom. The maximum Gasteiger partial charge on any atom is 0.311 e. The van der Waals surface area contributed by atoms with Gasteiger partial charge < -0.3 is 10.2 Å². The van der Waals surface area contributed by atoms with E-state index in [1.165, 1.54) is 0 Å². The van der Waals surface area contributed by atoms with E-state index < -0.39 is 33.9 Å². The number of hydrogen-bond acceptors (Lipinski definition) is 7. The average Bonchev–Trinajstić information content (AvgIpc) is 2.88. The van der Waals surface area contributed by atoms with Crippen LogP contribution in [0.25, 0.3) is 0 Å². The molecule has 1 aromatic carbocycles. The van der Waals surface area contributed by atoms with Crippen molar-refractivity contribution in [2.75, 3.05) is 0 Å². The van der Waals surface area contributed by atoms with Gasteiger partial charge in [0.05, 0.1) is 23.0 Å². The zero-order valence-corrected chi connectivity index (χ0v) is 13.5. The standard InChI is InChI=1S/C17H15N3O6/c21-12-6-13(22)11(20(25)26)5-10(12)7-18-19-16(23)14-8-1-2-9(4-3-8)15(14)17(19)24/h1-2,5-9,14-15,21-22H,3-4H2/b18-7-/t8-,9-,14-,15+/m1/s1. The molecule has 1 aliphatic heterocycles. The third-order valence-corrected chi connectivity index (χ3v) is 5.37. The largest absolute Gasteiger partial charge is 0.507 e. The number of carbonyl (C=O) groups is 2. The zero-order chi connectivity index (χ0) is 18.6. The molecule has 1 saturated carbocycles. The van der Waals surface area contributed by atoms with E-state index in [9.17, 15) is 29.9 Å². The van der Waals surface area contributed by atoms with Crippen molar-refractivity contribution in [3.8, 4) is 11.5 Å². The minimum absolute atomic E-state index is 0.0322. The molecule has 1 heterocycles. The number of benzene rings is 1. The highest BCUT2D eigenvalue weighted by Crippen LogP contribution is 2.49. The molecule has 0 radical (unpaired) electrons. The molecule has 2 amide bonds. The number of nitro groups is 1. The van der Waals surface area contributed by atoms with Crippen LogP contribution in [0.2, 0.25) is 0 Å². The highest BCUT2D eigenvalue weighted by atomic mass is 16.6. The first-order valence-electron chi connectivity index (χ1n) is 8.19. The molecule has 4 atom stereocenters. The first kappa shape index (κ1) is 16.2. The Labute approximate surface area is 147 Å². The molecule has 9 nitrogen and oxygen atoms in total. The third kappa shape index (κ3) is 2.27. The second-order valence-corrected chi connectivity index (χ2v) is 6.73. The number of phenolic OH excluding ortho intramolecular Hbond substituents is 2. The Morgan fingerprint density at radius 2 is 1.65 bits per heavy atom. The van der Waals surface area contributed by atoms with Crippen molar-refractivity contribution in [3.05, 3.63) is 40.0 Å². The third-order valence-electron chi connectivity index (χ3n) is 5.37. The normalized spacial score (nSPS) is 29.6. The van der Waals surface area contributed by atoms with E-state index in [1.807, 2.05) is 12.2 Å². The van der Waals surface area contributed by atoms with Crippen molar-refractivity contribution in [2.45, 2.75) is 12.8 Å². The highest BCUT2D eigenvalue weighted by molar-refractivity contribution is 6.06. The van der Waals surface area contributed by atoms with Gasteiger partial charge >= 0.3 is 5.69 Å². The average molecular weight is 357 g/mol. The van der Waals surface area contributed by atoms with Gasteiger partial charge in [-0.05, 0) is 24.7 Å². The molecule has 0 aromatic heterocycles. The van der Waals surface area contributed by atoms with Gasteiger partial charge in [-0.15, -0.1) is 0 Å². The fraction of sp³-hybridized carbons (Fsp3) is 0.353. The van der Waals surface area contributed by atoms with E-state index in [2.05, 4.69) is 5.10 Å². The van der Waals surface area contributed by atoms with Gasteiger partial charge in [-0.3, -0.25) is 19.7 Å². The number of allylic oxidation sites excluding steroid dienone is 2. The monoisotopic (exact) mass is 357 g/mol. The Balaban J connectivity index is 1.64. The lowest BCUT2D eigenvalue weighted by atomic mass is 9.63. The molecule has 0 spiro atoms. The number of nitro benzene ring substituents is 1. The van der Waals surface area contributed by atoms with Crippen molar-refractivity contribution in [3.63, 3.8) is 0 Å². The molecular weight excluding hydrogens is 342 g/mol.